The second-order valence-electron chi connectivity index (χ2n) is 7.32. The first-order valence-corrected chi connectivity index (χ1v) is 8.72. The number of benzene rings is 1. The lowest BCUT2D eigenvalue weighted by atomic mass is 9.60. The van der Waals surface area contributed by atoms with Crippen LogP contribution in [0, 0.1) is 5.41 Å². The number of hydrogen-bond acceptors (Lipinski definition) is 3. The smallest absolute Gasteiger partial charge is 0.231 e. The summed E-state index contributed by atoms with van der Waals surface area (Å²) in [5.41, 5.74) is 0.972. The Balaban J connectivity index is 1.51. The summed E-state index contributed by atoms with van der Waals surface area (Å²) in [5, 5.41) is 3.38. The van der Waals surface area contributed by atoms with Crippen LogP contribution in [0.4, 0.5) is 0 Å². The molecule has 0 aromatic heterocycles. The maximum absolute atomic E-state index is 13.0. The molecule has 1 amide bonds. The normalized spacial score (nSPS) is 27.1. The quantitative estimate of drug-likeness (QED) is 0.929. The van der Waals surface area contributed by atoms with Crippen molar-refractivity contribution in [1.29, 1.82) is 0 Å². The Kier molecular flexibility index (Phi) is 3.60. The Labute approximate surface area is 137 Å². The van der Waals surface area contributed by atoms with Gasteiger partial charge >= 0.3 is 0 Å². The van der Waals surface area contributed by atoms with Gasteiger partial charge in [0, 0.05) is 24.8 Å². The molecule has 0 radical (unpaired) electrons. The lowest BCUT2D eigenvalue weighted by Crippen LogP contribution is -2.58. The van der Waals surface area contributed by atoms with Crippen molar-refractivity contribution in [3.05, 3.63) is 29.8 Å². The summed E-state index contributed by atoms with van der Waals surface area (Å²) < 4.78 is 11.0. The summed E-state index contributed by atoms with van der Waals surface area (Å²) in [7, 11) is 1.68. The van der Waals surface area contributed by atoms with E-state index < -0.39 is 0 Å². The third-order valence-corrected chi connectivity index (χ3v) is 6.27. The molecule has 1 atom stereocenters. The predicted molar refractivity (Wildman–Crippen MR) is 87.6 cm³/mol. The standard InChI is InChI=1S/C19H25NO3/c1-22-15-5-3-2-4-14(15)19(8-9-19)17(21)20-16-6-7-18(16)10-12-23-13-11-18/h2-5,16H,6-13H2,1H3,(H,20,21). The van der Waals surface area contributed by atoms with Crippen LogP contribution in [0.15, 0.2) is 24.3 Å². The van der Waals surface area contributed by atoms with E-state index in [0.29, 0.717) is 11.5 Å². The summed E-state index contributed by atoms with van der Waals surface area (Å²) in [6.45, 7) is 1.67. The van der Waals surface area contributed by atoms with E-state index in [1.807, 2.05) is 24.3 Å². The van der Waals surface area contributed by atoms with E-state index in [-0.39, 0.29) is 11.3 Å². The van der Waals surface area contributed by atoms with Crippen molar-refractivity contribution in [3.63, 3.8) is 0 Å². The molecule has 3 fully saturated rings. The zero-order valence-corrected chi connectivity index (χ0v) is 13.8. The average molecular weight is 315 g/mol. The molecule has 1 heterocycles. The monoisotopic (exact) mass is 315 g/mol. The summed E-state index contributed by atoms with van der Waals surface area (Å²) in [6, 6.07) is 8.27. The minimum Gasteiger partial charge on any atom is -0.496 e. The highest BCUT2D eigenvalue weighted by atomic mass is 16.5. The number of nitrogens with one attached hydrogen (secondary N) is 1. The second kappa shape index (κ2) is 5.52. The van der Waals surface area contributed by atoms with E-state index in [0.717, 1.165) is 56.6 Å². The Bertz CT molecular complexity index is 602. The molecule has 2 saturated carbocycles. The number of rotatable bonds is 4. The Hall–Kier alpha value is -1.55. The molecule has 1 saturated heterocycles. The van der Waals surface area contributed by atoms with E-state index in [2.05, 4.69) is 5.32 Å². The van der Waals surface area contributed by atoms with Gasteiger partial charge in [-0.3, -0.25) is 4.79 Å². The molecule has 1 aliphatic heterocycles. The molecule has 2 aliphatic carbocycles. The van der Waals surface area contributed by atoms with Crippen LogP contribution >= 0.6 is 0 Å². The minimum absolute atomic E-state index is 0.192. The molecule has 1 aromatic carbocycles. The molecule has 1 N–H and O–H groups in total. The van der Waals surface area contributed by atoms with Gasteiger partial charge in [-0.05, 0) is 50.0 Å². The van der Waals surface area contributed by atoms with Crippen LogP contribution < -0.4 is 10.1 Å². The van der Waals surface area contributed by atoms with Crippen LogP contribution in [-0.4, -0.2) is 32.3 Å². The second-order valence-corrected chi connectivity index (χ2v) is 7.32. The fourth-order valence-electron chi connectivity index (χ4n) is 4.38. The van der Waals surface area contributed by atoms with Crippen molar-refractivity contribution in [1.82, 2.24) is 5.32 Å². The van der Waals surface area contributed by atoms with Crippen LogP contribution in [0.3, 0.4) is 0 Å². The highest BCUT2D eigenvalue weighted by molar-refractivity contribution is 5.92. The SMILES string of the molecule is COc1ccccc1C1(C(=O)NC2CCC23CCOCC3)CC1. The third kappa shape index (κ3) is 2.35. The first kappa shape index (κ1) is 15.0. The average Bonchev–Trinajstić information content (AvgIpc) is 3.41. The summed E-state index contributed by atoms with van der Waals surface area (Å²) in [4.78, 5) is 13.0. The first-order chi connectivity index (χ1) is 11.2. The third-order valence-electron chi connectivity index (χ3n) is 6.27. The van der Waals surface area contributed by atoms with Gasteiger partial charge in [0.05, 0.1) is 12.5 Å². The lowest BCUT2D eigenvalue weighted by molar-refractivity contribution is -0.129. The number of para-hydroxylation sites is 1. The van der Waals surface area contributed by atoms with Gasteiger partial charge < -0.3 is 14.8 Å². The molecule has 3 aliphatic rings. The van der Waals surface area contributed by atoms with Gasteiger partial charge in [-0.2, -0.15) is 0 Å². The van der Waals surface area contributed by atoms with Gasteiger partial charge in [0.1, 0.15) is 5.75 Å². The zero-order chi connectivity index (χ0) is 15.9. The summed E-state index contributed by atoms with van der Waals surface area (Å²) >= 11 is 0. The molecule has 4 heteroatoms. The fourth-order valence-corrected chi connectivity index (χ4v) is 4.38. The summed E-state index contributed by atoms with van der Waals surface area (Å²) in [6.07, 6.45) is 6.33. The van der Waals surface area contributed by atoms with Crippen LogP contribution in [-0.2, 0) is 14.9 Å². The molecule has 1 aromatic rings. The molecular formula is C19H25NO3. The molecule has 4 nitrogen and oxygen atoms in total. The number of carbonyl (C=O) groups excluding carboxylic acids is 1. The summed E-state index contributed by atoms with van der Waals surface area (Å²) in [5.74, 6) is 1.02. The lowest BCUT2D eigenvalue weighted by Gasteiger charge is -2.52. The Morgan fingerprint density at radius 1 is 1.17 bits per heavy atom. The minimum atomic E-state index is -0.367. The number of hydrogen-bond donors (Lipinski definition) is 1. The van der Waals surface area contributed by atoms with Crippen LogP contribution in [0.2, 0.25) is 0 Å². The molecule has 4 rings (SSSR count). The van der Waals surface area contributed by atoms with Crippen LogP contribution in [0.25, 0.3) is 0 Å². The van der Waals surface area contributed by atoms with Crippen LogP contribution in [0.5, 0.6) is 5.75 Å². The largest absolute Gasteiger partial charge is 0.496 e. The van der Waals surface area contributed by atoms with Crippen molar-refractivity contribution in [2.24, 2.45) is 5.41 Å². The maximum atomic E-state index is 13.0. The molecule has 124 valence electrons. The van der Waals surface area contributed by atoms with Gasteiger partial charge in [-0.15, -0.1) is 0 Å². The highest BCUT2D eigenvalue weighted by Crippen LogP contribution is 2.53. The van der Waals surface area contributed by atoms with Gasteiger partial charge in [-0.25, -0.2) is 0 Å². The van der Waals surface area contributed by atoms with E-state index in [1.54, 1.807) is 7.11 Å². The van der Waals surface area contributed by atoms with E-state index in [9.17, 15) is 4.79 Å². The van der Waals surface area contributed by atoms with E-state index in [1.165, 1.54) is 6.42 Å². The Morgan fingerprint density at radius 3 is 2.52 bits per heavy atom. The van der Waals surface area contributed by atoms with Gasteiger partial charge in [0.2, 0.25) is 5.91 Å². The Morgan fingerprint density at radius 2 is 1.91 bits per heavy atom. The van der Waals surface area contributed by atoms with Crippen molar-refractivity contribution < 1.29 is 14.3 Å². The highest BCUT2D eigenvalue weighted by Gasteiger charge is 2.55. The van der Waals surface area contributed by atoms with Gasteiger partial charge in [0.25, 0.3) is 0 Å². The van der Waals surface area contributed by atoms with E-state index in [4.69, 9.17) is 9.47 Å². The molecular weight excluding hydrogens is 290 g/mol. The molecule has 1 unspecified atom stereocenters. The number of carbonyl (C=O) groups is 1. The van der Waals surface area contributed by atoms with Gasteiger partial charge in [-0.1, -0.05) is 18.2 Å². The molecule has 0 bridgehead atoms. The first-order valence-electron chi connectivity index (χ1n) is 8.72. The van der Waals surface area contributed by atoms with E-state index >= 15 is 0 Å². The molecule has 23 heavy (non-hydrogen) atoms. The predicted octanol–water partition coefficient (Wildman–Crippen LogP) is 2.80. The van der Waals surface area contributed by atoms with Crippen molar-refractivity contribution in [2.75, 3.05) is 20.3 Å². The number of ether oxygens (including phenoxy) is 2. The zero-order valence-electron chi connectivity index (χ0n) is 13.8. The van der Waals surface area contributed by atoms with Crippen molar-refractivity contribution in [3.8, 4) is 5.75 Å². The fraction of sp³-hybridized carbons (Fsp3) is 0.632. The van der Waals surface area contributed by atoms with Crippen molar-refractivity contribution >= 4 is 5.91 Å². The number of methoxy groups -OCH3 is 1. The van der Waals surface area contributed by atoms with Gasteiger partial charge in [0.15, 0.2) is 0 Å². The maximum Gasteiger partial charge on any atom is 0.231 e. The van der Waals surface area contributed by atoms with Crippen molar-refractivity contribution in [2.45, 2.75) is 50.0 Å². The molecule has 1 spiro atoms. The number of amides is 1. The van der Waals surface area contributed by atoms with Crippen LogP contribution in [0.1, 0.15) is 44.1 Å². The topological polar surface area (TPSA) is 47.6 Å².